The van der Waals surface area contributed by atoms with E-state index in [1.54, 1.807) is 30.3 Å². The Bertz CT molecular complexity index is 1000. The summed E-state index contributed by atoms with van der Waals surface area (Å²) in [4.78, 5) is 25.5. The van der Waals surface area contributed by atoms with Crippen LogP contribution in [0.4, 0.5) is 5.69 Å². The van der Waals surface area contributed by atoms with E-state index in [-0.39, 0.29) is 29.1 Å². The van der Waals surface area contributed by atoms with E-state index in [2.05, 4.69) is 4.98 Å². The second kappa shape index (κ2) is 9.34. The zero-order valence-electron chi connectivity index (χ0n) is 15.6. The maximum absolute atomic E-state index is 12.1. The van der Waals surface area contributed by atoms with Gasteiger partial charge in [-0.3, -0.25) is 14.9 Å². The Morgan fingerprint density at radius 1 is 1.29 bits per heavy atom. The van der Waals surface area contributed by atoms with Crippen LogP contribution in [0.3, 0.4) is 0 Å². The third-order valence-corrected chi connectivity index (χ3v) is 3.83. The molecule has 1 aromatic carbocycles. The molecule has 1 heterocycles. The number of nitriles is 1. The van der Waals surface area contributed by atoms with Crippen LogP contribution >= 0.6 is 0 Å². The number of hydrogen-bond donors (Lipinski definition) is 1. The van der Waals surface area contributed by atoms with E-state index in [0.29, 0.717) is 23.7 Å². The molecule has 0 atom stereocenters. The largest absolute Gasteiger partial charge is 0.493 e. The lowest BCUT2D eigenvalue weighted by Gasteiger charge is -2.09. The molecule has 9 nitrogen and oxygen atoms in total. The van der Waals surface area contributed by atoms with Crippen LogP contribution in [-0.4, -0.2) is 30.7 Å². The Morgan fingerprint density at radius 2 is 2.04 bits per heavy atom. The minimum absolute atomic E-state index is 0.0334. The third-order valence-electron chi connectivity index (χ3n) is 3.83. The molecule has 2 rings (SSSR count). The highest BCUT2D eigenvalue weighted by Gasteiger charge is 2.25. The second-order valence-electron chi connectivity index (χ2n) is 5.55. The van der Waals surface area contributed by atoms with Gasteiger partial charge in [-0.2, -0.15) is 5.26 Å². The molecule has 1 aromatic heterocycles. The van der Waals surface area contributed by atoms with Crippen molar-refractivity contribution in [3.63, 3.8) is 0 Å². The summed E-state index contributed by atoms with van der Waals surface area (Å²) in [5.74, 6) is 1.08. The molecule has 0 fully saturated rings. The highest BCUT2D eigenvalue weighted by Crippen LogP contribution is 2.30. The first-order valence-electron chi connectivity index (χ1n) is 8.28. The zero-order valence-corrected chi connectivity index (χ0v) is 15.6. The minimum Gasteiger partial charge on any atom is -0.493 e. The number of nitrogens with zero attached hydrogens (tertiary/aromatic N) is 2. The van der Waals surface area contributed by atoms with E-state index in [1.807, 2.05) is 6.92 Å². The number of ether oxygens (including phenoxy) is 3. The third kappa shape index (κ3) is 4.36. The summed E-state index contributed by atoms with van der Waals surface area (Å²) < 4.78 is 15.7. The van der Waals surface area contributed by atoms with Gasteiger partial charge < -0.3 is 19.2 Å². The van der Waals surface area contributed by atoms with Crippen LogP contribution in [-0.2, 0) is 11.3 Å². The van der Waals surface area contributed by atoms with Crippen molar-refractivity contribution in [1.29, 1.82) is 5.26 Å². The van der Waals surface area contributed by atoms with Crippen LogP contribution < -0.4 is 15.0 Å². The van der Waals surface area contributed by atoms with Gasteiger partial charge in [0.15, 0.2) is 11.5 Å². The number of nitrogens with one attached hydrogen (secondary N) is 1. The molecule has 0 spiro atoms. The molecule has 0 aliphatic carbocycles. The van der Waals surface area contributed by atoms with Gasteiger partial charge >= 0.3 is 0 Å². The van der Waals surface area contributed by atoms with Crippen LogP contribution in [0.2, 0.25) is 0 Å². The van der Waals surface area contributed by atoms with Crippen molar-refractivity contribution in [3.05, 3.63) is 61.1 Å². The number of nitro groups is 1. The SMILES string of the molecule is CCOc1ccc(/C=C/c2[nH]c(=O)c(C#N)c(COC)c2[N+](=O)[O-])cc1OC. The lowest BCUT2D eigenvalue weighted by atomic mass is 10.1. The Balaban J connectivity index is 2.55. The fourth-order valence-corrected chi connectivity index (χ4v) is 2.64. The molecule has 0 aliphatic rings. The van der Waals surface area contributed by atoms with Crippen molar-refractivity contribution in [2.45, 2.75) is 13.5 Å². The maximum atomic E-state index is 12.1. The predicted molar refractivity (Wildman–Crippen MR) is 102 cm³/mol. The van der Waals surface area contributed by atoms with Gasteiger partial charge in [0.2, 0.25) is 0 Å². The molecule has 0 bridgehead atoms. The van der Waals surface area contributed by atoms with E-state index >= 15 is 0 Å². The Morgan fingerprint density at radius 3 is 2.61 bits per heavy atom. The Labute approximate surface area is 160 Å². The summed E-state index contributed by atoms with van der Waals surface area (Å²) in [5, 5.41) is 20.7. The number of rotatable bonds is 8. The van der Waals surface area contributed by atoms with Crippen molar-refractivity contribution in [2.24, 2.45) is 0 Å². The van der Waals surface area contributed by atoms with Crippen molar-refractivity contribution in [1.82, 2.24) is 4.98 Å². The van der Waals surface area contributed by atoms with Crippen LogP contribution in [0.15, 0.2) is 23.0 Å². The van der Waals surface area contributed by atoms with Gasteiger partial charge in [-0.25, -0.2) is 0 Å². The first kappa shape index (κ1) is 20.7. The van der Waals surface area contributed by atoms with Gasteiger partial charge in [-0.15, -0.1) is 0 Å². The van der Waals surface area contributed by atoms with Crippen LogP contribution in [0, 0.1) is 21.4 Å². The lowest BCUT2D eigenvalue weighted by molar-refractivity contribution is -0.386. The zero-order chi connectivity index (χ0) is 20.7. The molecule has 0 amide bonds. The van der Waals surface area contributed by atoms with Crippen molar-refractivity contribution in [3.8, 4) is 17.6 Å². The predicted octanol–water partition coefficient (Wildman–Crippen LogP) is 2.88. The van der Waals surface area contributed by atoms with E-state index in [9.17, 15) is 14.9 Å². The van der Waals surface area contributed by atoms with E-state index in [0.717, 1.165) is 0 Å². The number of hydrogen-bond acceptors (Lipinski definition) is 7. The Hall–Kier alpha value is -3.64. The van der Waals surface area contributed by atoms with E-state index < -0.39 is 10.5 Å². The minimum atomic E-state index is -0.718. The van der Waals surface area contributed by atoms with E-state index in [4.69, 9.17) is 19.5 Å². The topological polar surface area (TPSA) is 127 Å². The highest BCUT2D eigenvalue weighted by atomic mass is 16.6. The first-order valence-corrected chi connectivity index (χ1v) is 8.28. The van der Waals surface area contributed by atoms with Crippen LogP contribution in [0.5, 0.6) is 11.5 Å². The van der Waals surface area contributed by atoms with Crippen molar-refractivity contribution in [2.75, 3.05) is 20.8 Å². The molecule has 9 heteroatoms. The highest BCUT2D eigenvalue weighted by molar-refractivity contribution is 5.74. The number of aromatic nitrogens is 1. The first-order chi connectivity index (χ1) is 13.5. The monoisotopic (exact) mass is 385 g/mol. The standard InChI is InChI=1S/C19H19N3O6/c1-4-28-16-8-6-12(9-17(16)27-3)5-7-15-18(22(24)25)14(11-26-2)13(10-20)19(23)21-15/h5-9H,4,11H2,1-3H3,(H,21,23)/b7-5+. The quantitative estimate of drug-likeness (QED) is 0.546. The summed E-state index contributed by atoms with van der Waals surface area (Å²) in [5.41, 5.74) is -0.866. The van der Waals surface area contributed by atoms with E-state index in [1.165, 1.54) is 20.3 Å². The van der Waals surface area contributed by atoms with Crippen LogP contribution in [0.1, 0.15) is 29.3 Å². The molecule has 1 N–H and O–H groups in total. The van der Waals surface area contributed by atoms with Gasteiger partial charge in [0.05, 0.1) is 30.8 Å². The number of pyridine rings is 1. The van der Waals surface area contributed by atoms with Gasteiger partial charge in [0.1, 0.15) is 17.3 Å². The second-order valence-corrected chi connectivity index (χ2v) is 5.55. The van der Waals surface area contributed by atoms with Gasteiger partial charge in [-0.1, -0.05) is 12.1 Å². The number of benzene rings is 1. The number of methoxy groups -OCH3 is 2. The van der Waals surface area contributed by atoms with Crippen LogP contribution in [0.25, 0.3) is 12.2 Å². The summed E-state index contributed by atoms with van der Waals surface area (Å²) in [6.07, 6.45) is 2.98. The fourth-order valence-electron chi connectivity index (χ4n) is 2.64. The molecule has 146 valence electrons. The number of H-pyrrole nitrogens is 1. The molecule has 0 unspecified atom stereocenters. The Kier molecular flexibility index (Phi) is 6.90. The molecule has 0 aliphatic heterocycles. The summed E-state index contributed by atoms with van der Waals surface area (Å²) in [7, 11) is 2.83. The number of aromatic amines is 1. The maximum Gasteiger partial charge on any atom is 0.299 e. The van der Waals surface area contributed by atoms with Crippen molar-refractivity contribution >= 4 is 17.8 Å². The molecule has 0 saturated carbocycles. The fraction of sp³-hybridized carbons (Fsp3) is 0.263. The molecule has 0 radical (unpaired) electrons. The van der Waals surface area contributed by atoms with Gasteiger partial charge in [0.25, 0.3) is 11.2 Å². The van der Waals surface area contributed by atoms with Crippen molar-refractivity contribution < 1.29 is 19.1 Å². The average molecular weight is 385 g/mol. The molecular formula is C19H19N3O6. The van der Waals surface area contributed by atoms with Gasteiger partial charge in [-0.05, 0) is 30.7 Å². The normalized spacial score (nSPS) is 10.6. The summed E-state index contributed by atoms with van der Waals surface area (Å²) in [6.45, 7) is 2.10. The molecule has 28 heavy (non-hydrogen) atoms. The average Bonchev–Trinajstić information content (AvgIpc) is 2.67. The lowest BCUT2D eigenvalue weighted by Crippen LogP contribution is -2.18. The summed E-state index contributed by atoms with van der Waals surface area (Å²) >= 11 is 0. The molecular weight excluding hydrogens is 366 g/mol. The molecule has 2 aromatic rings. The van der Waals surface area contributed by atoms with Gasteiger partial charge in [0, 0.05) is 7.11 Å². The summed E-state index contributed by atoms with van der Waals surface area (Å²) in [6, 6.07) is 6.86. The molecule has 0 saturated heterocycles. The smallest absolute Gasteiger partial charge is 0.299 e.